The molecule has 0 unspecified atom stereocenters. The van der Waals surface area contributed by atoms with E-state index < -0.39 is 35.5 Å². The molecule has 27 heavy (non-hydrogen) atoms. The predicted molar refractivity (Wildman–Crippen MR) is 89.9 cm³/mol. The van der Waals surface area contributed by atoms with Gasteiger partial charge in [0.15, 0.2) is 6.04 Å². The van der Waals surface area contributed by atoms with Gasteiger partial charge in [-0.05, 0) is 32.3 Å². The quantitative estimate of drug-likeness (QED) is 0.712. The molecule has 1 aliphatic rings. The zero-order valence-electron chi connectivity index (χ0n) is 14.7. The molecule has 11 heteroatoms. The van der Waals surface area contributed by atoms with Crippen molar-refractivity contribution >= 4 is 29.1 Å². The Morgan fingerprint density at radius 2 is 2.00 bits per heavy atom. The molecule has 148 valence electrons. The number of nitrogens with two attached hydrogens (primary N) is 1. The van der Waals surface area contributed by atoms with Gasteiger partial charge in [-0.15, -0.1) is 0 Å². The second-order valence-corrected chi connectivity index (χ2v) is 6.09. The maximum Gasteiger partial charge on any atom is 0.418 e. The van der Waals surface area contributed by atoms with Crippen LogP contribution in [0.15, 0.2) is 18.2 Å². The van der Waals surface area contributed by atoms with E-state index in [9.17, 15) is 27.6 Å². The van der Waals surface area contributed by atoms with Crippen LogP contribution in [0.25, 0.3) is 0 Å². The average Bonchev–Trinajstić information content (AvgIpc) is 2.54. The van der Waals surface area contributed by atoms with E-state index in [2.05, 4.69) is 5.32 Å². The van der Waals surface area contributed by atoms with Crippen LogP contribution in [0, 0.1) is 0 Å². The first-order chi connectivity index (χ1) is 12.5. The van der Waals surface area contributed by atoms with Crippen LogP contribution in [-0.4, -0.2) is 62.5 Å². The number of alkyl halides is 3. The maximum absolute atomic E-state index is 13.5. The molecule has 0 radical (unpaired) electrons. The Morgan fingerprint density at radius 3 is 2.52 bits per heavy atom. The number of likely N-dealkylation sites (N-methyl/N-ethyl adjacent to an activating group) is 1. The molecular weight excluding hydrogens is 369 g/mol. The van der Waals surface area contributed by atoms with Gasteiger partial charge in [-0.1, -0.05) is 0 Å². The van der Waals surface area contributed by atoms with Crippen LogP contribution in [-0.2, 0) is 25.3 Å². The summed E-state index contributed by atoms with van der Waals surface area (Å²) >= 11 is 0. The summed E-state index contributed by atoms with van der Waals surface area (Å²) in [6.07, 6.45) is -4.76. The third-order valence-corrected chi connectivity index (χ3v) is 3.88. The fourth-order valence-corrected chi connectivity index (χ4v) is 2.68. The molecule has 1 heterocycles. The van der Waals surface area contributed by atoms with E-state index in [0.29, 0.717) is 6.07 Å². The SMILES string of the molecule is CN(C)[C@@H](C(N)=O)C(=O)Nc1ccc(N2CCOCC2=O)c(C(F)(F)F)c1. The zero-order valence-corrected chi connectivity index (χ0v) is 14.7. The van der Waals surface area contributed by atoms with Gasteiger partial charge in [0.1, 0.15) is 6.61 Å². The first-order valence-corrected chi connectivity index (χ1v) is 7.88. The second kappa shape index (κ2) is 7.92. The van der Waals surface area contributed by atoms with Crippen molar-refractivity contribution in [3.63, 3.8) is 0 Å². The van der Waals surface area contributed by atoms with Crippen LogP contribution in [0.3, 0.4) is 0 Å². The number of nitrogens with zero attached hydrogens (tertiary/aromatic N) is 2. The van der Waals surface area contributed by atoms with Gasteiger partial charge < -0.3 is 20.7 Å². The number of nitrogens with one attached hydrogen (secondary N) is 1. The van der Waals surface area contributed by atoms with Gasteiger partial charge in [-0.3, -0.25) is 19.3 Å². The number of carbonyl (C=O) groups excluding carboxylic acids is 3. The Kier molecular flexibility index (Phi) is 6.06. The van der Waals surface area contributed by atoms with Gasteiger partial charge >= 0.3 is 6.18 Å². The molecule has 1 aromatic rings. The summed E-state index contributed by atoms with van der Waals surface area (Å²) in [7, 11) is 2.87. The lowest BCUT2D eigenvalue weighted by Gasteiger charge is -2.29. The zero-order chi connectivity index (χ0) is 20.4. The number of carbonyl (C=O) groups is 3. The fourth-order valence-electron chi connectivity index (χ4n) is 2.68. The highest BCUT2D eigenvalue weighted by molar-refractivity contribution is 6.09. The first-order valence-electron chi connectivity index (χ1n) is 7.88. The monoisotopic (exact) mass is 388 g/mol. The van der Waals surface area contributed by atoms with Crippen molar-refractivity contribution in [3.8, 4) is 0 Å². The molecule has 3 N–H and O–H groups in total. The van der Waals surface area contributed by atoms with Crippen molar-refractivity contribution < 1.29 is 32.3 Å². The van der Waals surface area contributed by atoms with Gasteiger partial charge in [0, 0.05) is 12.2 Å². The number of primary amides is 1. The van der Waals surface area contributed by atoms with E-state index in [1.807, 2.05) is 0 Å². The summed E-state index contributed by atoms with van der Waals surface area (Å²) < 4.78 is 45.4. The molecule has 0 aromatic heterocycles. The summed E-state index contributed by atoms with van der Waals surface area (Å²) in [5.41, 5.74) is 3.56. The van der Waals surface area contributed by atoms with Crippen molar-refractivity contribution in [2.45, 2.75) is 12.2 Å². The highest BCUT2D eigenvalue weighted by Gasteiger charge is 2.37. The van der Waals surface area contributed by atoms with Gasteiger partial charge in [0.2, 0.25) is 5.91 Å². The van der Waals surface area contributed by atoms with Gasteiger partial charge in [-0.25, -0.2) is 0 Å². The van der Waals surface area contributed by atoms with E-state index in [1.165, 1.54) is 25.1 Å². The lowest BCUT2D eigenvalue weighted by atomic mass is 10.1. The largest absolute Gasteiger partial charge is 0.418 e. The summed E-state index contributed by atoms with van der Waals surface area (Å²) in [4.78, 5) is 37.7. The van der Waals surface area contributed by atoms with Gasteiger partial charge in [0.05, 0.1) is 17.9 Å². The highest BCUT2D eigenvalue weighted by atomic mass is 19.4. The van der Waals surface area contributed by atoms with Crippen molar-refractivity contribution in [3.05, 3.63) is 23.8 Å². The first kappa shape index (κ1) is 20.6. The Morgan fingerprint density at radius 1 is 1.33 bits per heavy atom. The van der Waals surface area contributed by atoms with Crippen molar-refractivity contribution in [2.75, 3.05) is 44.1 Å². The topological polar surface area (TPSA) is 105 Å². The van der Waals surface area contributed by atoms with E-state index in [-0.39, 0.29) is 31.1 Å². The molecular formula is C16H19F3N4O4. The van der Waals surface area contributed by atoms with Crippen LogP contribution in [0.5, 0.6) is 0 Å². The number of hydrogen-bond donors (Lipinski definition) is 2. The summed E-state index contributed by atoms with van der Waals surface area (Å²) in [5, 5.41) is 2.25. The smallest absolute Gasteiger partial charge is 0.370 e. The Labute approximate surface area is 153 Å². The van der Waals surface area contributed by atoms with Gasteiger partial charge in [-0.2, -0.15) is 13.2 Å². The molecule has 1 atom stereocenters. The third-order valence-electron chi connectivity index (χ3n) is 3.88. The molecule has 1 fully saturated rings. The molecule has 1 saturated heterocycles. The maximum atomic E-state index is 13.5. The minimum Gasteiger partial charge on any atom is -0.370 e. The molecule has 3 amide bonds. The van der Waals surface area contributed by atoms with Gasteiger partial charge in [0.25, 0.3) is 11.8 Å². The predicted octanol–water partition coefficient (Wildman–Crippen LogP) is 0.423. The minimum atomic E-state index is -4.76. The van der Waals surface area contributed by atoms with E-state index >= 15 is 0 Å². The fraction of sp³-hybridized carbons (Fsp3) is 0.438. The Hall–Kier alpha value is -2.66. The summed E-state index contributed by atoms with van der Waals surface area (Å²) in [6.45, 7) is -0.207. The van der Waals surface area contributed by atoms with Crippen LogP contribution in [0.2, 0.25) is 0 Å². The molecule has 0 saturated carbocycles. The summed E-state index contributed by atoms with van der Waals surface area (Å²) in [6, 6.07) is 1.68. The van der Waals surface area contributed by atoms with Crippen molar-refractivity contribution in [1.29, 1.82) is 0 Å². The van der Waals surface area contributed by atoms with E-state index in [1.54, 1.807) is 0 Å². The van der Waals surface area contributed by atoms with Crippen LogP contribution in [0.1, 0.15) is 5.56 Å². The molecule has 8 nitrogen and oxygen atoms in total. The lowest BCUT2D eigenvalue weighted by Crippen LogP contribution is -2.48. The molecule has 0 bridgehead atoms. The number of halogens is 3. The number of morpholine rings is 1. The Balaban J connectivity index is 2.36. The number of ether oxygens (including phenoxy) is 1. The van der Waals surface area contributed by atoms with E-state index in [0.717, 1.165) is 11.0 Å². The molecule has 0 aliphatic carbocycles. The molecule has 1 aromatic carbocycles. The lowest BCUT2D eigenvalue weighted by molar-refractivity contribution is -0.137. The van der Waals surface area contributed by atoms with Crippen molar-refractivity contribution in [1.82, 2.24) is 4.90 Å². The average molecular weight is 388 g/mol. The molecule has 0 spiro atoms. The number of hydrogen-bond acceptors (Lipinski definition) is 5. The number of benzene rings is 1. The minimum absolute atomic E-state index is 0.0159. The van der Waals surface area contributed by atoms with E-state index in [4.69, 9.17) is 10.5 Å². The van der Waals surface area contributed by atoms with Crippen molar-refractivity contribution in [2.24, 2.45) is 5.73 Å². The number of anilines is 2. The normalized spacial score (nSPS) is 16.4. The standard InChI is InChI=1S/C16H19F3N4O4/c1-22(2)13(14(20)25)15(26)21-9-3-4-11(10(7-9)16(17,18)19)23-5-6-27-8-12(23)24/h3-4,7,13H,5-6,8H2,1-2H3,(H2,20,25)(H,21,26)/t13-/m0/s1. The highest BCUT2D eigenvalue weighted by Crippen LogP contribution is 2.38. The Bertz CT molecular complexity index is 752. The molecule has 1 aliphatic heterocycles. The third kappa shape index (κ3) is 4.74. The summed E-state index contributed by atoms with van der Waals surface area (Å²) in [5.74, 6) is -2.40. The van der Waals surface area contributed by atoms with Crippen LogP contribution >= 0.6 is 0 Å². The van der Waals surface area contributed by atoms with Crippen LogP contribution in [0.4, 0.5) is 24.5 Å². The number of amides is 3. The number of rotatable bonds is 5. The van der Waals surface area contributed by atoms with Crippen LogP contribution < -0.4 is 16.0 Å². The molecule has 2 rings (SSSR count). The second-order valence-electron chi connectivity index (χ2n) is 6.09.